The summed E-state index contributed by atoms with van der Waals surface area (Å²) in [6, 6.07) is 0. The zero-order valence-electron chi connectivity index (χ0n) is 10.5. The Kier molecular flexibility index (Phi) is 3.65. The van der Waals surface area contributed by atoms with Crippen LogP contribution in [-0.2, 0) is 16.6 Å². The minimum absolute atomic E-state index is 0.124. The van der Waals surface area contributed by atoms with E-state index < -0.39 is 10.0 Å². The van der Waals surface area contributed by atoms with Crippen molar-refractivity contribution in [3.05, 3.63) is 29.0 Å². The summed E-state index contributed by atoms with van der Waals surface area (Å²) < 4.78 is 34.2. The summed E-state index contributed by atoms with van der Waals surface area (Å²) in [6.45, 7) is 0.671. The van der Waals surface area contributed by atoms with Crippen molar-refractivity contribution in [2.75, 3.05) is 6.54 Å². The summed E-state index contributed by atoms with van der Waals surface area (Å²) in [5.41, 5.74) is 0. The van der Waals surface area contributed by atoms with Crippen molar-refractivity contribution in [3.63, 3.8) is 0 Å². The van der Waals surface area contributed by atoms with Gasteiger partial charge in [0.1, 0.15) is 0 Å². The second-order valence-corrected chi connectivity index (χ2v) is 7.22. The first kappa shape index (κ1) is 13.8. The van der Waals surface area contributed by atoms with E-state index in [1.165, 1.54) is 6.20 Å². The number of hydrogen-bond acceptors (Lipinski definition) is 5. The Morgan fingerprint density at radius 2 is 2.25 bits per heavy atom. The van der Waals surface area contributed by atoms with Gasteiger partial charge >= 0.3 is 0 Å². The fraction of sp³-hybridized carbons (Fsp3) is 0.455. The fourth-order valence-corrected chi connectivity index (χ4v) is 2.96. The molecule has 20 heavy (non-hydrogen) atoms. The molecule has 1 fully saturated rings. The minimum atomic E-state index is -3.64. The Bertz CT molecular complexity index is 705. The molecule has 0 spiro atoms. The third-order valence-corrected chi connectivity index (χ3v) is 4.64. The highest BCUT2D eigenvalue weighted by Crippen LogP contribution is 2.39. The highest BCUT2D eigenvalue weighted by molar-refractivity contribution is 9.10. The van der Waals surface area contributed by atoms with Crippen LogP contribution in [0.25, 0.3) is 0 Å². The third-order valence-electron chi connectivity index (χ3n) is 2.93. The number of aromatic nitrogens is 3. The Labute approximate surface area is 124 Å². The van der Waals surface area contributed by atoms with Crippen molar-refractivity contribution in [3.8, 4) is 0 Å². The lowest BCUT2D eigenvalue weighted by Gasteiger charge is -2.03. The largest absolute Gasteiger partial charge is 0.428 e. The second kappa shape index (κ2) is 5.30. The molecule has 0 bridgehead atoms. The van der Waals surface area contributed by atoms with Crippen LogP contribution in [0.5, 0.6) is 0 Å². The maximum Gasteiger partial charge on any atom is 0.275 e. The molecule has 9 heteroatoms. The highest BCUT2D eigenvalue weighted by Gasteiger charge is 2.30. The predicted molar refractivity (Wildman–Crippen MR) is 73.6 cm³/mol. The molecule has 3 rings (SSSR count). The summed E-state index contributed by atoms with van der Waals surface area (Å²) in [5.74, 6) is 0.807. The van der Waals surface area contributed by atoms with E-state index in [9.17, 15) is 8.42 Å². The summed E-state index contributed by atoms with van der Waals surface area (Å²) >= 11 is 3.28. The van der Waals surface area contributed by atoms with Crippen molar-refractivity contribution in [1.29, 1.82) is 0 Å². The number of sulfonamides is 1. The van der Waals surface area contributed by atoms with E-state index in [2.05, 4.69) is 30.7 Å². The summed E-state index contributed by atoms with van der Waals surface area (Å²) in [7, 11) is -3.64. The molecule has 1 N–H and O–H groups in total. The third kappa shape index (κ3) is 3.10. The average molecular weight is 361 g/mol. The van der Waals surface area contributed by atoms with E-state index in [0.717, 1.165) is 17.3 Å². The number of halogens is 1. The number of nitrogens with zero attached hydrogens (tertiary/aromatic N) is 3. The van der Waals surface area contributed by atoms with Crippen LogP contribution >= 0.6 is 15.9 Å². The van der Waals surface area contributed by atoms with Gasteiger partial charge in [-0.15, -0.1) is 0 Å². The minimum Gasteiger partial charge on any atom is -0.428 e. The quantitative estimate of drug-likeness (QED) is 0.842. The predicted octanol–water partition coefficient (Wildman–Crippen LogP) is 1.49. The first-order chi connectivity index (χ1) is 9.54. The molecular weight excluding hydrogens is 348 g/mol. The maximum atomic E-state index is 12.0. The van der Waals surface area contributed by atoms with Crippen LogP contribution in [0.1, 0.15) is 24.7 Å². The number of nitrogens with one attached hydrogen (secondary N) is 1. The van der Waals surface area contributed by atoms with Gasteiger partial charge in [0.05, 0.1) is 23.4 Å². The van der Waals surface area contributed by atoms with Gasteiger partial charge in [0, 0.05) is 18.7 Å². The van der Waals surface area contributed by atoms with Gasteiger partial charge in [0.25, 0.3) is 15.1 Å². The molecule has 0 atom stereocenters. The lowest BCUT2D eigenvalue weighted by atomic mass is 10.4. The molecule has 2 heterocycles. The molecular formula is C11H13BrN4O3S. The van der Waals surface area contributed by atoms with Gasteiger partial charge < -0.3 is 4.42 Å². The zero-order valence-corrected chi connectivity index (χ0v) is 12.9. The Morgan fingerprint density at radius 3 is 2.90 bits per heavy atom. The Balaban J connectivity index is 1.59. The van der Waals surface area contributed by atoms with Crippen molar-refractivity contribution >= 4 is 26.0 Å². The van der Waals surface area contributed by atoms with Crippen LogP contribution < -0.4 is 4.72 Å². The average Bonchev–Trinajstić information content (AvgIpc) is 2.96. The van der Waals surface area contributed by atoms with E-state index >= 15 is 0 Å². The molecule has 0 amide bonds. The van der Waals surface area contributed by atoms with Gasteiger partial charge in [-0.1, -0.05) is 0 Å². The summed E-state index contributed by atoms with van der Waals surface area (Å²) in [4.78, 5) is 4.00. The molecule has 0 aliphatic heterocycles. The van der Waals surface area contributed by atoms with Crippen LogP contribution in [-0.4, -0.2) is 29.7 Å². The van der Waals surface area contributed by atoms with E-state index in [0.29, 0.717) is 18.4 Å². The molecule has 108 valence electrons. The lowest BCUT2D eigenvalue weighted by Crippen LogP contribution is -2.27. The topological polar surface area (TPSA) is 90.0 Å². The zero-order chi connectivity index (χ0) is 14.2. The van der Waals surface area contributed by atoms with Gasteiger partial charge in [-0.05, 0) is 28.8 Å². The molecule has 2 aromatic rings. The van der Waals surface area contributed by atoms with E-state index in [1.807, 2.05) is 0 Å². The van der Waals surface area contributed by atoms with Gasteiger partial charge in [-0.25, -0.2) is 18.1 Å². The van der Waals surface area contributed by atoms with Crippen LogP contribution in [0.2, 0.25) is 0 Å². The van der Waals surface area contributed by atoms with E-state index in [4.69, 9.17) is 4.42 Å². The smallest absolute Gasteiger partial charge is 0.275 e. The fourth-order valence-electron chi connectivity index (χ4n) is 1.74. The molecule has 7 nitrogen and oxygen atoms in total. The summed E-state index contributed by atoms with van der Waals surface area (Å²) in [5, 5.41) is 3.92. The normalized spacial score (nSPS) is 15.7. The molecule has 1 aliphatic carbocycles. The van der Waals surface area contributed by atoms with Crippen LogP contribution in [0.3, 0.4) is 0 Å². The van der Waals surface area contributed by atoms with Gasteiger partial charge in [0.15, 0.2) is 5.89 Å². The SMILES string of the molecule is O=S(=O)(NCCn1cc(Br)cn1)c1cnc(C2CC2)o1. The molecule has 0 aromatic carbocycles. The molecule has 0 saturated heterocycles. The van der Waals surface area contributed by atoms with Gasteiger partial charge in [-0.3, -0.25) is 4.68 Å². The van der Waals surface area contributed by atoms with Crippen molar-refractivity contribution in [1.82, 2.24) is 19.5 Å². The lowest BCUT2D eigenvalue weighted by molar-refractivity contribution is 0.405. The molecule has 0 unspecified atom stereocenters. The van der Waals surface area contributed by atoms with Crippen LogP contribution in [0.15, 0.2) is 32.6 Å². The molecule has 1 saturated carbocycles. The molecule has 0 radical (unpaired) electrons. The molecule has 2 aromatic heterocycles. The molecule has 1 aliphatic rings. The number of rotatable bonds is 6. The standard InChI is InChI=1S/C11H13BrN4O3S/c12-9-5-14-16(7-9)4-3-15-20(17,18)10-6-13-11(19-10)8-1-2-8/h5-8,15H,1-4H2. The van der Waals surface area contributed by atoms with Crippen LogP contribution in [0.4, 0.5) is 0 Å². The van der Waals surface area contributed by atoms with E-state index in [1.54, 1.807) is 17.1 Å². The van der Waals surface area contributed by atoms with Crippen molar-refractivity contribution in [2.24, 2.45) is 0 Å². The summed E-state index contributed by atoms with van der Waals surface area (Å²) in [6.07, 6.45) is 6.71. The number of oxazole rings is 1. The number of hydrogen-bond donors (Lipinski definition) is 1. The Morgan fingerprint density at radius 1 is 1.45 bits per heavy atom. The second-order valence-electron chi connectivity index (χ2n) is 4.61. The van der Waals surface area contributed by atoms with Crippen LogP contribution in [0, 0.1) is 0 Å². The first-order valence-electron chi connectivity index (χ1n) is 6.18. The Hall–Kier alpha value is -1.19. The van der Waals surface area contributed by atoms with Crippen molar-refractivity contribution < 1.29 is 12.8 Å². The monoisotopic (exact) mass is 360 g/mol. The maximum absolute atomic E-state index is 12.0. The van der Waals surface area contributed by atoms with Crippen molar-refractivity contribution in [2.45, 2.75) is 30.4 Å². The van der Waals surface area contributed by atoms with Gasteiger partial charge in [-0.2, -0.15) is 5.10 Å². The highest BCUT2D eigenvalue weighted by atomic mass is 79.9. The van der Waals surface area contributed by atoms with Gasteiger partial charge in [0.2, 0.25) is 0 Å². The van der Waals surface area contributed by atoms with E-state index in [-0.39, 0.29) is 11.6 Å². The first-order valence-corrected chi connectivity index (χ1v) is 8.45.